The zero-order valence-electron chi connectivity index (χ0n) is 10.9. The molecule has 2 N–H and O–H groups in total. The standard InChI is InChI=1S/C13H12N4O3S/c18-21(19,13-8-14-9-16-13)17-7-10-3-4-15-11(6-10)12-2-1-5-20-12/h1-6,8-9,17H,7H2,(H,14,16). The molecular formula is C13H12N4O3S. The van der Waals surface area contributed by atoms with Crippen LogP contribution in [0.4, 0.5) is 0 Å². The van der Waals surface area contributed by atoms with Crippen molar-refractivity contribution in [3.63, 3.8) is 0 Å². The third kappa shape index (κ3) is 3.01. The molecule has 0 spiro atoms. The van der Waals surface area contributed by atoms with E-state index in [1.165, 1.54) is 12.5 Å². The van der Waals surface area contributed by atoms with Crippen molar-refractivity contribution in [3.8, 4) is 11.5 Å². The van der Waals surface area contributed by atoms with Gasteiger partial charge in [0.15, 0.2) is 10.8 Å². The highest BCUT2D eigenvalue weighted by atomic mass is 32.2. The van der Waals surface area contributed by atoms with Crippen molar-refractivity contribution in [2.75, 3.05) is 0 Å². The molecule has 0 aromatic carbocycles. The van der Waals surface area contributed by atoms with Crippen LogP contribution < -0.4 is 4.72 Å². The van der Waals surface area contributed by atoms with Crippen LogP contribution >= 0.6 is 0 Å². The molecule has 3 aromatic heterocycles. The lowest BCUT2D eigenvalue weighted by Gasteiger charge is -2.05. The highest BCUT2D eigenvalue weighted by Gasteiger charge is 2.15. The number of H-pyrrole nitrogens is 1. The number of aromatic nitrogens is 3. The average Bonchev–Trinajstić information content (AvgIpc) is 3.18. The molecule has 0 radical (unpaired) electrons. The number of nitrogens with one attached hydrogen (secondary N) is 2. The monoisotopic (exact) mass is 304 g/mol. The fraction of sp³-hybridized carbons (Fsp3) is 0.0769. The lowest BCUT2D eigenvalue weighted by molar-refractivity contribution is 0.577. The third-order valence-corrected chi connectivity index (χ3v) is 4.15. The fourth-order valence-corrected chi connectivity index (χ4v) is 2.71. The van der Waals surface area contributed by atoms with E-state index in [2.05, 4.69) is 19.7 Å². The number of nitrogens with zero attached hydrogens (tertiary/aromatic N) is 2. The Morgan fingerprint density at radius 2 is 2.24 bits per heavy atom. The van der Waals surface area contributed by atoms with Crippen LogP contribution in [0.2, 0.25) is 0 Å². The van der Waals surface area contributed by atoms with Crippen LogP contribution in [0.5, 0.6) is 0 Å². The summed E-state index contributed by atoms with van der Waals surface area (Å²) >= 11 is 0. The van der Waals surface area contributed by atoms with E-state index in [1.807, 2.05) is 0 Å². The molecule has 108 valence electrons. The van der Waals surface area contributed by atoms with Crippen molar-refractivity contribution < 1.29 is 12.8 Å². The van der Waals surface area contributed by atoms with Gasteiger partial charge in [0.25, 0.3) is 10.0 Å². The van der Waals surface area contributed by atoms with Gasteiger partial charge >= 0.3 is 0 Å². The number of sulfonamides is 1. The van der Waals surface area contributed by atoms with Crippen LogP contribution in [0.15, 0.2) is 58.7 Å². The molecule has 3 heterocycles. The number of rotatable bonds is 5. The van der Waals surface area contributed by atoms with Crippen LogP contribution in [-0.4, -0.2) is 23.4 Å². The quantitative estimate of drug-likeness (QED) is 0.744. The lowest BCUT2D eigenvalue weighted by Crippen LogP contribution is -2.23. The van der Waals surface area contributed by atoms with Gasteiger partial charge in [0.1, 0.15) is 5.69 Å². The molecule has 0 saturated heterocycles. The smallest absolute Gasteiger partial charge is 0.257 e. The Morgan fingerprint density at radius 3 is 2.95 bits per heavy atom. The van der Waals surface area contributed by atoms with Crippen LogP contribution in [-0.2, 0) is 16.6 Å². The van der Waals surface area contributed by atoms with Crippen LogP contribution in [0, 0.1) is 0 Å². The largest absolute Gasteiger partial charge is 0.463 e. The fourth-order valence-electron chi connectivity index (χ4n) is 1.79. The maximum atomic E-state index is 12.0. The van der Waals surface area contributed by atoms with E-state index in [4.69, 9.17) is 4.42 Å². The van der Waals surface area contributed by atoms with Crippen LogP contribution in [0.25, 0.3) is 11.5 Å². The third-order valence-electron chi connectivity index (χ3n) is 2.83. The molecule has 0 aliphatic rings. The number of hydrogen-bond acceptors (Lipinski definition) is 5. The Morgan fingerprint density at radius 1 is 1.33 bits per heavy atom. The first-order chi connectivity index (χ1) is 10.1. The molecule has 7 nitrogen and oxygen atoms in total. The summed E-state index contributed by atoms with van der Waals surface area (Å²) < 4.78 is 31.7. The summed E-state index contributed by atoms with van der Waals surface area (Å²) in [7, 11) is -3.59. The normalized spacial score (nSPS) is 11.6. The molecule has 0 bridgehead atoms. The molecule has 0 atom stereocenters. The number of imidazole rings is 1. The van der Waals surface area contributed by atoms with E-state index >= 15 is 0 Å². The molecule has 3 aromatic rings. The second-order valence-electron chi connectivity index (χ2n) is 4.27. The molecule has 3 rings (SSSR count). The van der Waals surface area contributed by atoms with Crippen molar-refractivity contribution in [2.45, 2.75) is 11.6 Å². The Labute approximate surface area is 121 Å². The summed E-state index contributed by atoms with van der Waals surface area (Å²) in [5.74, 6) is 0.633. The molecule has 21 heavy (non-hydrogen) atoms. The Bertz CT molecular complexity index is 811. The predicted octanol–water partition coefficient (Wildman–Crippen LogP) is 1.54. The second kappa shape index (κ2) is 5.51. The van der Waals surface area contributed by atoms with Gasteiger partial charge < -0.3 is 9.40 Å². The van der Waals surface area contributed by atoms with Crippen LogP contribution in [0.1, 0.15) is 5.56 Å². The molecule has 8 heteroatoms. The lowest BCUT2D eigenvalue weighted by atomic mass is 10.2. The maximum absolute atomic E-state index is 12.0. The predicted molar refractivity (Wildman–Crippen MR) is 74.6 cm³/mol. The summed E-state index contributed by atoms with van der Waals surface area (Å²) in [5.41, 5.74) is 1.43. The van der Waals surface area contributed by atoms with E-state index in [0.717, 1.165) is 5.56 Å². The summed E-state index contributed by atoms with van der Waals surface area (Å²) in [5, 5.41) is 0.0304. The maximum Gasteiger partial charge on any atom is 0.257 e. The van der Waals surface area contributed by atoms with E-state index < -0.39 is 10.0 Å². The number of hydrogen-bond donors (Lipinski definition) is 2. The van der Waals surface area contributed by atoms with Crippen molar-refractivity contribution in [1.29, 1.82) is 0 Å². The molecule has 0 aliphatic heterocycles. The SMILES string of the molecule is O=S(=O)(NCc1ccnc(-c2ccco2)c1)c1cnc[nH]1. The molecule has 0 unspecified atom stereocenters. The van der Waals surface area contributed by atoms with Crippen molar-refractivity contribution in [3.05, 3.63) is 54.8 Å². The highest BCUT2D eigenvalue weighted by Crippen LogP contribution is 2.18. The van der Waals surface area contributed by atoms with Gasteiger partial charge in [0, 0.05) is 12.7 Å². The average molecular weight is 304 g/mol. The van der Waals surface area contributed by atoms with Gasteiger partial charge in [-0.25, -0.2) is 18.1 Å². The Hall–Kier alpha value is -2.45. The Kier molecular flexibility index (Phi) is 3.55. The molecular weight excluding hydrogens is 292 g/mol. The van der Waals surface area contributed by atoms with Gasteiger partial charge in [0.05, 0.1) is 18.8 Å². The first-order valence-corrected chi connectivity index (χ1v) is 7.60. The highest BCUT2D eigenvalue weighted by molar-refractivity contribution is 7.89. The molecule has 0 saturated carbocycles. The van der Waals surface area contributed by atoms with Gasteiger partial charge in [-0.05, 0) is 29.8 Å². The van der Waals surface area contributed by atoms with Gasteiger partial charge in [-0.15, -0.1) is 0 Å². The van der Waals surface area contributed by atoms with E-state index in [-0.39, 0.29) is 11.6 Å². The molecule has 0 fully saturated rings. The van der Waals surface area contributed by atoms with E-state index in [9.17, 15) is 8.42 Å². The first kappa shape index (κ1) is 13.5. The van der Waals surface area contributed by atoms with Crippen molar-refractivity contribution in [2.24, 2.45) is 0 Å². The minimum absolute atomic E-state index is 0.0304. The first-order valence-electron chi connectivity index (χ1n) is 6.12. The summed E-state index contributed by atoms with van der Waals surface area (Å²) in [6.07, 6.45) is 5.74. The second-order valence-corrected chi connectivity index (χ2v) is 6.00. The van der Waals surface area contributed by atoms with Gasteiger partial charge in [-0.1, -0.05) is 0 Å². The number of pyridine rings is 1. The zero-order valence-corrected chi connectivity index (χ0v) is 11.7. The summed E-state index contributed by atoms with van der Waals surface area (Å²) in [6, 6.07) is 7.07. The van der Waals surface area contributed by atoms with Crippen molar-refractivity contribution in [1.82, 2.24) is 19.7 Å². The molecule has 0 aliphatic carbocycles. The molecule has 0 amide bonds. The van der Waals surface area contributed by atoms with E-state index in [1.54, 1.807) is 36.7 Å². The van der Waals surface area contributed by atoms with Gasteiger partial charge in [-0.2, -0.15) is 0 Å². The van der Waals surface area contributed by atoms with Crippen LogP contribution in [0.3, 0.4) is 0 Å². The minimum atomic E-state index is -3.59. The summed E-state index contributed by atoms with van der Waals surface area (Å²) in [4.78, 5) is 10.4. The number of furan rings is 1. The summed E-state index contributed by atoms with van der Waals surface area (Å²) in [6.45, 7) is 0.150. The van der Waals surface area contributed by atoms with Gasteiger partial charge in [-0.3, -0.25) is 4.98 Å². The minimum Gasteiger partial charge on any atom is -0.463 e. The van der Waals surface area contributed by atoms with Crippen molar-refractivity contribution >= 4 is 10.0 Å². The number of aromatic amines is 1. The van der Waals surface area contributed by atoms with Gasteiger partial charge in [0.2, 0.25) is 0 Å². The van der Waals surface area contributed by atoms with E-state index in [0.29, 0.717) is 11.5 Å². The Balaban J connectivity index is 1.76. The zero-order chi connectivity index (χ0) is 14.7. The topological polar surface area (TPSA) is 101 Å².